The van der Waals surface area contributed by atoms with Crippen molar-refractivity contribution in [3.8, 4) is 0 Å². The molecular formula is C13H17F2NO. The topological polar surface area (TPSA) is 21.3 Å². The van der Waals surface area contributed by atoms with Crippen LogP contribution in [0.2, 0.25) is 0 Å². The van der Waals surface area contributed by atoms with E-state index in [0.29, 0.717) is 6.54 Å². The van der Waals surface area contributed by atoms with E-state index < -0.39 is 11.6 Å². The lowest BCUT2D eigenvalue weighted by Crippen LogP contribution is -2.47. The highest BCUT2D eigenvalue weighted by molar-refractivity contribution is 5.18. The van der Waals surface area contributed by atoms with Crippen molar-refractivity contribution in [1.29, 1.82) is 0 Å². The molecule has 2 unspecified atom stereocenters. The van der Waals surface area contributed by atoms with Crippen molar-refractivity contribution in [3.05, 3.63) is 35.4 Å². The van der Waals surface area contributed by atoms with E-state index >= 15 is 0 Å². The van der Waals surface area contributed by atoms with Gasteiger partial charge in [-0.25, -0.2) is 8.78 Å². The van der Waals surface area contributed by atoms with Crippen molar-refractivity contribution in [2.24, 2.45) is 0 Å². The fourth-order valence-corrected chi connectivity index (χ4v) is 2.02. The fraction of sp³-hybridized carbons (Fsp3) is 0.538. The second kappa shape index (κ2) is 4.70. The summed E-state index contributed by atoms with van der Waals surface area (Å²) in [5.74, 6) is -1.61. The predicted octanol–water partition coefficient (Wildman–Crippen LogP) is 2.62. The van der Waals surface area contributed by atoms with Gasteiger partial charge in [0.15, 0.2) is 11.6 Å². The lowest BCUT2D eigenvalue weighted by Gasteiger charge is -2.29. The molecule has 0 radical (unpaired) electrons. The summed E-state index contributed by atoms with van der Waals surface area (Å²) in [6, 6.07) is 3.98. The Morgan fingerprint density at radius 1 is 1.41 bits per heavy atom. The van der Waals surface area contributed by atoms with Crippen LogP contribution in [-0.4, -0.2) is 18.2 Å². The maximum absolute atomic E-state index is 13.0. The van der Waals surface area contributed by atoms with E-state index in [4.69, 9.17) is 4.74 Å². The van der Waals surface area contributed by atoms with Crippen LogP contribution in [0.4, 0.5) is 8.78 Å². The molecule has 1 aliphatic heterocycles. The third-order valence-corrected chi connectivity index (χ3v) is 3.57. The predicted molar refractivity (Wildman–Crippen MR) is 61.6 cm³/mol. The van der Waals surface area contributed by atoms with E-state index in [1.807, 2.05) is 6.92 Å². The largest absolute Gasteiger partial charge is 0.377 e. The summed E-state index contributed by atoms with van der Waals surface area (Å²) in [4.78, 5) is 0. The molecule has 2 rings (SSSR count). The summed E-state index contributed by atoms with van der Waals surface area (Å²) in [5.41, 5.74) is 0.648. The molecule has 4 heteroatoms. The van der Waals surface area contributed by atoms with Crippen molar-refractivity contribution < 1.29 is 13.5 Å². The number of ether oxygens (including phenoxy) is 1. The zero-order chi connectivity index (χ0) is 12.5. The Morgan fingerprint density at radius 2 is 2.18 bits per heavy atom. The first-order valence-electron chi connectivity index (χ1n) is 5.82. The third kappa shape index (κ3) is 2.64. The van der Waals surface area contributed by atoms with Gasteiger partial charge in [-0.05, 0) is 38.0 Å². The first-order valence-corrected chi connectivity index (χ1v) is 5.82. The molecule has 1 fully saturated rings. The summed E-state index contributed by atoms with van der Waals surface area (Å²) in [5, 5.41) is 3.36. The van der Waals surface area contributed by atoms with Crippen molar-refractivity contribution in [1.82, 2.24) is 5.32 Å². The number of benzene rings is 1. The first-order chi connectivity index (χ1) is 8.01. The normalized spacial score (nSPS) is 28.6. The maximum Gasteiger partial charge on any atom is 0.159 e. The van der Waals surface area contributed by atoms with Crippen LogP contribution in [0, 0.1) is 11.6 Å². The molecule has 0 amide bonds. The molecule has 94 valence electrons. The van der Waals surface area contributed by atoms with E-state index in [0.717, 1.165) is 24.7 Å². The Bertz CT molecular complexity index is 410. The van der Waals surface area contributed by atoms with Gasteiger partial charge >= 0.3 is 0 Å². The zero-order valence-corrected chi connectivity index (χ0v) is 10.1. The first kappa shape index (κ1) is 12.5. The van der Waals surface area contributed by atoms with Crippen LogP contribution in [0.15, 0.2) is 18.2 Å². The van der Waals surface area contributed by atoms with Gasteiger partial charge in [0.2, 0.25) is 0 Å². The van der Waals surface area contributed by atoms with Crippen LogP contribution in [0.5, 0.6) is 0 Å². The van der Waals surface area contributed by atoms with Crippen molar-refractivity contribution >= 4 is 0 Å². The number of nitrogens with one attached hydrogen (secondary N) is 1. The minimum absolute atomic E-state index is 0.0924. The Kier molecular flexibility index (Phi) is 3.45. The minimum Gasteiger partial charge on any atom is -0.377 e. The summed E-state index contributed by atoms with van der Waals surface area (Å²) >= 11 is 0. The molecule has 0 aromatic heterocycles. The quantitative estimate of drug-likeness (QED) is 0.878. The number of hydrogen-bond acceptors (Lipinski definition) is 2. The molecule has 0 aliphatic carbocycles. The molecule has 17 heavy (non-hydrogen) atoms. The highest BCUT2D eigenvalue weighted by Crippen LogP contribution is 2.25. The van der Waals surface area contributed by atoms with Gasteiger partial charge in [-0.3, -0.25) is 0 Å². The summed E-state index contributed by atoms with van der Waals surface area (Å²) in [6.07, 6.45) is 1.06. The zero-order valence-electron chi connectivity index (χ0n) is 10.1. The summed E-state index contributed by atoms with van der Waals surface area (Å²) in [6.45, 7) is 5.36. The van der Waals surface area contributed by atoms with Crippen LogP contribution >= 0.6 is 0 Å². The monoisotopic (exact) mass is 241 g/mol. The van der Waals surface area contributed by atoms with E-state index in [-0.39, 0.29) is 11.6 Å². The lowest BCUT2D eigenvalue weighted by atomic mass is 9.94. The highest BCUT2D eigenvalue weighted by Gasteiger charge is 2.36. The van der Waals surface area contributed by atoms with Crippen molar-refractivity contribution in [2.75, 3.05) is 6.61 Å². The van der Waals surface area contributed by atoms with Gasteiger partial charge in [0, 0.05) is 18.7 Å². The smallest absolute Gasteiger partial charge is 0.159 e. The summed E-state index contributed by atoms with van der Waals surface area (Å²) < 4.78 is 31.3. The van der Waals surface area contributed by atoms with Gasteiger partial charge in [0.05, 0.1) is 6.10 Å². The van der Waals surface area contributed by atoms with Gasteiger partial charge in [0.25, 0.3) is 0 Å². The third-order valence-electron chi connectivity index (χ3n) is 3.57. The molecule has 0 bridgehead atoms. The Hall–Kier alpha value is -1.00. The maximum atomic E-state index is 13.0. The van der Waals surface area contributed by atoms with E-state index in [1.54, 1.807) is 6.07 Å². The average Bonchev–Trinajstić information content (AvgIpc) is 2.62. The van der Waals surface area contributed by atoms with E-state index in [9.17, 15) is 8.78 Å². The van der Waals surface area contributed by atoms with Gasteiger partial charge in [-0.15, -0.1) is 0 Å². The minimum atomic E-state index is -0.808. The van der Waals surface area contributed by atoms with Crippen LogP contribution < -0.4 is 5.32 Å². The molecule has 2 nitrogen and oxygen atoms in total. The van der Waals surface area contributed by atoms with Gasteiger partial charge in [0.1, 0.15) is 0 Å². The standard InChI is InChI=1S/C13H17F2NO/c1-9-13(2,5-6-17-9)16-8-10-3-4-11(14)12(15)7-10/h3-4,7,9,16H,5-6,8H2,1-2H3. The molecule has 1 N–H and O–H groups in total. The van der Waals surface area contributed by atoms with Gasteiger partial charge in [-0.1, -0.05) is 6.07 Å². The molecule has 1 aliphatic rings. The average molecular weight is 241 g/mol. The Labute approximate surface area is 100.0 Å². The Balaban J connectivity index is 2.00. The summed E-state index contributed by atoms with van der Waals surface area (Å²) in [7, 11) is 0. The van der Waals surface area contributed by atoms with Gasteiger partial charge < -0.3 is 10.1 Å². The van der Waals surface area contributed by atoms with Crippen LogP contribution in [0.3, 0.4) is 0 Å². The molecule has 1 aromatic carbocycles. The molecule has 1 heterocycles. The molecule has 1 aromatic rings. The number of hydrogen-bond donors (Lipinski definition) is 1. The van der Waals surface area contributed by atoms with Crippen molar-refractivity contribution in [2.45, 2.75) is 38.5 Å². The Morgan fingerprint density at radius 3 is 2.76 bits per heavy atom. The van der Waals surface area contributed by atoms with Crippen molar-refractivity contribution in [3.63, 3.8) is 0 Å². The van der Waals surface area contributed by atoms with Crippen LogP contribution in [-0.2, 0) is 11.3 Å². The molecular weight excluding hydrogens is 224 g/mol. The number of rotatable bonds is 3. The fourth-order valence-electron chi connectivity index (χ4n) is 2.02. The highest BCUT2D eigenvalue weighted by atomic mass is 19.2. The molecule has 0 spiro atoms. The lowest BCUT2D eigenvalue weighted by molar-refractivity contribution is 0.0881. The molecule has 1 saturated heterocycles. The second-order valence-corrected chi connectivity index (χ2v) is 4.78. The van der Waals surface area contributed by atoms with Crippen LogP contribution in [0.1, 0.15) is 25.8 Å². The van der Waals surface area contributed by atoms with E-state index in [1.165, 1.54) is 6.07 Å². The molecule has 0 saturated carbocycles. The molecule has 2 atom stereocenters. The SMILES string of the molecule is CC1OCCC1(C)NCc1ccc(F)c(F)c1. The van der Waals surface area contributed by atoms with Gasteiger partial charge in [-0.2, -0.15) is 0 Å². The number of halogens is 2. The second-order valence-electron chi connectivity index (χ2n) is 4.78. The van der Waals surface area contributed by atoms with Crippen LogP contribution in [0.25, 0.3) is 0 Å². The van der Waals surface area contributed by atoms with E-state index in [2.05, 4.69) is 12.2 Å².